The summed E-state index contributed by atoms with van der Waals surface area (Å²) in [7, 11) is 1.26. The van der Waals surface area contributed by atoms with Crippen molar-refractivity contribution < 1.29 is 29.0 Å². The fourth-order valence-corrected chi connectivity index (χ4v) is 4.42. The van der Waals surface area contributed by atoms with Crippen molar-refractivity contribution in [3.8, 4) is 0 Å². The van der Waals surface area contributed by atoms with Crippen LogP contribution in [0.4, 0.5) is 16.2 Å². The van der Waals surface area contributed by atoms with Crippen LogP contribution in [0.25, 0.3) is 0 Å². The lowest BCUT2D eigenvalue weighted by molar-refractivity contribution is -0.136. The molecule has 186 valence electrons. The summed E-state index contributed by atoms with van der Waals surface area (Å²) in [5.74, 6) is -0.956. The minimum Gasteiger partial charge on any atom is -0.466 e. The monoisotopic (exact) mass is 538 g/mol. The normalized spacial score (nSPS) is 16.8. The Labute approximate surface area is 207 Å². The maximum Gasteiger partial charge on any atom is 0.410 e. The zero-order valence-corrected chi connectivity index (χ0v) is 21.5. The van der Waals surface area contributed by atoms with Crippen molar-refractivity contribution in [2.24, 2.45) is 0 Å². The average molecular weight is 539 g/mol. The summed E-state index contributed by atoms with van der Waals surface area (Å²) in [6.45, 7) is 7.95. The third-order valence-electron chi connectivity index (χ3n) is 5.44. The van der Waals surface area contributed by atoms with Gasteiger partial charge in [0.05, 0.1) is 31.5 Å². The Morgan fingerprint density at radius 2 is 1.85 bits per heavy atom. The van der Waals surface area contributed by atoms with E-state index in [2.05, 4.69) is 26.1 Å². The van der Waals surface area contributed by atoms with Crippen LogP contribution in [0.5, 0.6) is 0 Å². The van der Waals surface area contributed by atoms with Gasteiger partial charge in [0.25, 0.3) is 5.91 Å². The Balaban J connectivity index is 1.69. The van der Waals surface area contributed by atoms with Crippen molar-refractivity contribution in [3.63, 3.8) is 0 Å². The molecule has 1 saturated heterocycles. The Bertz CT molecular complexity index is 982. The number of hydrogen-bond donors (Lipinski definition) is 2. The number of aliphatic hydroxyl groups excluding tert-OH is 1. The van der Waals surface area contributed by atoms with Gasteiger partial charge in [0.2, 0.25) is 0 Å². The second-order valence-electron chi connectivity index (χ2n) is 9.04. The molecule has 2 aliphatic heterocycles. The van der Waals surface area contributed by atoms with Crippen molar-refractivity contribution in [1.82, 2.24) is 9.80 Å². The molecular weight excluding hydrogens is 508 g/mol. The molecule has 0 atom stereocenters. The molecule has 2 aliphatic rings. The van der Waals surface area contributed by atoms with E-state index >= 15 is 0 Å². The molecule has 0 radical (unpaired) electrons. The van der Waals surface area contributed by atoms with E-state index in [1.807, 2.05) is 39.0 Å². The number of aliphatic hydroxyl groups is 1. The summed E-state index contributed by atoms with van der Waals surface area (Å²) in [6, 6.07) is 5.57. The number of benzene rings is 1. The highest BCUT2D eigenvalue weighted by molar-refractivity contribution is 9.10. The van der Waals surface area contributed by atoms with Gasteiger partial charge in [0.1, 0.15) is 11.3 Å². The number of ether oxygens (including phenoxy) is 2. The number of halogens is 1. The van der Waals surface area contributed by atoms with E-state index in [1.54, 1.807) is 4.90 Å². The predicted octanol–water partition coefficient (Wildman–Crippen LogP) is 2.18. The molecule has 0 spiro atoms. The van der Waals surface area contributed by atoms with Crippen LogP contribution >= 0.6 is 15.9 Å². The van der Waals surface area contributed by atoms with E-state index in [0.29, 0.717) is 31.9 Å². The Hall–Kier alpha value is -2.79. The number of methoxy groups -OCH3 is 1. The molecule has 34 heavy (non-hydrogen) atoms. The lowest BCUT2D eigenvalue weighted by atomic mass is 10.2. The molecule has 1 aromatic rings. The summed E-state index contributed by atoms with van der Waals surface area (Å²) in [4.78, 5) is 42.5. The number of carbonyl (C=O) groups excluding carboxylic acids is 3. The number of β-amino-alcohol motifs (C(OH)–C–C–N with tert-alkyl or cyclic N) is 1. The van der Waals surface area contributed by atoms with Crippen molar-refractivity contribution in [1.29, 1.82) is 0 Å². The van der Waals surface area contributed by atoms with Crippen molar-refractivity contribution in [2.75, 3.05) is 63.2 Å². The molecule has 0 aromatic heterocycles. The summed E-state index contributed by atoms with van der Waals surface area (Å²) in [6.07, 6.45) is -0.308. The number of carbonyl (C=O) groups is 3. The summed E-state index contributed by atoms with van der Waals surface area (Å²) < 4.78 is 11.1. The van der Waals surface area contributed by atoms with E-state index in [9.17, 15) is 19.5 Å². The lowest BCUT2D eigenvalue weighted by Gasteiger charge is -2.37. The quantitative estimate of drug-likeness (QED) is 0.530. The highest BCUT2D eigenvalue weighted by Gasteiger charge is 2.34. The maximum atomic E-state index is 12.7. The number of hydrogen-bond acceptors (Lipinski definition) is 8. The third-order valence-corrected chi connectivity index (χ3v) is 6.08. The fraction of sp³-hybridized carbons (Fsp3) is 0.522. The van der Waals surface area contributed by atoms with E-state index in [4.69, 9.17) is 9.47 Å². The van der Waals surface area contributed by atoms with Gasteiger partial charge < -0.3 is 34.6 Å². The summed E-state index contributed by atoms with van der Waals surface area (Å²) in [5, 5.41) is 12.2. The Morgan fingerprint density at radius 3 is 2.41 bits per heavy atom. The summed E-state index contributed by atoms with van der Waals surface area (Å²) >= 11 is 3.60. The molecule has 0 bridgehead atoms. The van der Waals surface area contributed by atoms with Gasteiger partial charge in [-0.3, -0.25) is 4.79 Å². The van der Waals surface area contributed by atoms with Gasteiger partial charge in [-0.25, -0.2) is 9.59 Å². The topological polar surface area (TPSA) is 112 Å². The molecule has 11 heteroatoms. The highest BCUT2D eigenvalue weighted by Crippen LogP contribution is 2.32. The number of piperazine rings is 1. The van der Waals surface area contributed by atoms with Crippen LogP contribution in [0.2, 0.25) is 0 Å². The van der Waals surface area contributed by atoms with Gasteiger partial charge in [-0.05, 0) is 54.9 Å². The van der Waals surface area contributed by atoms with Crippen LogP contribution in [-0.2, 0) is 19.1 Å². The molecule has 1 fully saturated rings. The molecule has 0 aliphatic carbocycles. The van der Waals surface area contributed by atoms with Gasteiger partial charge in [0.15, 0.2) is 0 Å². The largest absolute Gasteiger partial charge is 0.466 e. The minimum atomic E-state index is -0.588. The third kappa shape index (κ3) is 6.01. The average Bonchev–Trinajstić information content (AvgIpc) is 3.08. The zero-order chi connectivity index (χ0) is 25.0. The fourth-order valence-electron chi connectivity index (χ4n) is 3.79. The molecule has 0 saturated carbocycles. The second-order valence-corrected chi connectivity index (χ2v) is 9.90. The van der Waals surface area contributed by atoms with Crippen LogP contribution in [0.3, 0.4) is 0 Å². The van der Waals surface area contributed by atoms with Gasteiger partial charge in [0, 0.05) is 42.9 Å². The second kappa shape index (κ2) is 10.6. The highest BCUT2D eigenvalue weighted by atomic mass is 79.9. The van der Waals surface area contributed by atoms with Crippen molar-refractivity contribution >= 4 is 45.3 Å². The van der Waals surface area contributed by atoms with Gasteiger partial charge in [-0.2, -0.15) is 0 Å². The van der Waals surface area contributed by atoms with Gasteiger partial charge in [-0.1, -0.05) is 0 Å². The molecule has 1 aromatic carbocycles. The first-order chi connectivity index (χ1) is 16.0. The van der Waals surface area contributed by atoms with Crippen LogP contribution in [0, 0.1) is 0 Å². The minimum absolute atomic E-state index is 0.0789. The van der Waals surface area contributed by atoms with E-state index in [-0.39, 0.29) is 43.0 Å². The zero-order valence-electron chi connectivity index (χ0n) is 19.9. The van der Waals surface area contributed by atoms with Crippen LogP contribution < -0.4 is 10.2 Å². The molecule has 2 amide bonds. The standard InChI is InChI=1S/C23H31BrN4O6/c1-23(2,3)34-22(32)27-9-7-26(8-10-27)18-6-5-15(13-17(18)24)25-19-16(21(31)33-4)14-28(11-12-29)20(19)30/h5-6,13,25,29H,7-12,14H2,1-4H3. The number of amides is 2. The van der Waals surface area contributed by atoms with Gasteiger partial charge >= 0.3 is 12.1 Å². The molecule has 2 heterocycles. The first-order valence-electron chi connectivity index (χ1n) is 11.0. The molecule has 10 nitrogen and oxygen atoms in total. The number of nitrogens with one attached hydrogen (secondary N) is 1. The van der Waals surface area contributed by atoms with Crippen molar-refractivity contribution in [2.45, 2.75) is 26.4 Å². The van der Waals surface area contributed by atoms with Crippen LogP contribution in [-0.4, -0.2) is 91.5 Å². The van der Waals surface area contributed by atoms with E-state index in [0.717, 1.165) is 10.2 Å². The van der Waals surface area contributed by atoms with Crippen LogP contribution in [0.1, 0.15) is 20.8 Å². The maximum absolute atomic E-state index is 12.7. The number of rotatable bonds is 6. The molecule has 3 rings (SSSR count). The van der Waals surface area contributed by atoms with Crippen LogP contribution in [0.15, 0.2) is 33.9 Å². The Morgan fingerprint density at radius 1 is 1.18 bits per heavy atom. The first kappa shape index (κ1) is 25.8. The Kier molecular flexibility index (Phi) is 8.09. The summed E-state index contributed by atoms with van der Waals surface area (Å²) in [5.41, 5.74) is 1.42. The predicted molar refractivity (Wildman–Crippen MR) is 130 cm³/mol. The number of esters is 1. The van der Waals surface area contributed by atoms with Crippen molar-refractivity contribution in [3.05, 3.63) is 33.9 Å². The molecule has 2 N–H and O–H groups in total. The SMILES string of the molecule is COC(=O)C1=C(Nc2ccc(N3CCN(C(=O)OC(C)(C)C)CC3)c(Br)c2)C(=O)N(CCO)C1. The lowest BCUT2D eigenvalue weighted by Crippen LogP contribution is -2.50. The first-order valence-corrected chi connectivity index (χ1v) is 11.8. The molecular formula is C23H31BrN4O6. The number of anilines is 2. The van der Waals surface area contributed by atoms with E-state index < -0.39 is 11.6 Å². The number of nitrogens with zero attached hydrogens (tertiary/aromatic N) is 3. The van der Waals surface area contributed by atoms with E-state index in [1.165, 1.54) is 12.0 Å². The smallest absolute Gasteiger partial charge is 0.410 e. The molecule has 0 unspecified atom stereocenters. The van der Waals surface area contributed by atoms with Gasteiger partial charge in [-0.15, -0.1) is 0 Å².